The Morgan fingerprint density at radius 3 is 2.48 bits per heavy atom. The van der Waals surface area contributed by atoms with Crippen LogP contribution in [-0.4, -0.2) is 6.54 Å². The summed E-state index contributed by atoms with van der Waals surface area (Å²) < 4.78 is 19.5. The van der Waals surface area contributed by atoms with Gasteiger partial charge in [-0.3, -0.25) is 0 Å². The Bertz CT molecular complexity index is 678. The summed E-state index contributed by atoms with van der Waals surface area (Å²) in [5.74, 6) is 5.42. The number of nitrogens with two attached hydrogens (primary N) is 1. The smallest absolute Gasteiger partial charge is 0.142 e. The van der Waals surface area contributed by atoms with Gasteiger partial charge in [0.15, 0.2) is 0 Å². The molecular formula is C18H18FNO. The Balaban J connectivity index is 2.12. The highest BCUT2D eigenvalue weighted by atomic mass is 19.1. The molecule has 2 rings (SSSR count). The minimum Gasteiger partial charge on any atom is -0.489 e. The summed E-state index contributed by atoms with van der Waals surface area (Å²) in [5, 5.41) is 0. The molecule has 0 saturated carbocycles. The van der Waals surface area contributed by atoms with E-state index in [0.717, 1.165) is 5.56 Å². The van der Waals surface area contributed by atoms with Gasteiger partial charge in [-0.2, -0.15) is 0 Å². The van der Waals surface area contributed by atoms with Crippen molar-refractivity contribution in [2.45, 2.75) is 20.5 Å². The monoisotopic (exact) mass is 283 g/mol. The molecule has 0 fully saturated rings. The number of hydrogen-bond acceptors (Lipinski definition) is 2. The van der Waals surface area contributed by atoms with Crippen LogP contribution in [-0.2, 0) is 6.61 Å². The van der Waals surface area contributed by atoms with E-state index in [2.05, 4.69) is 11.8 Å². The predicted molar refractivity (Wildman–Crippen MR) is 82.6 cm³/mol. The maximum Gasteiger partial charge on any atom is 0.142 e. The fourth-order valence-corrected chi connectivity index (χ4v) is 2.07. The van der Waals surface area contributed by atoms with E-state index in [0.29, 0.717) is 17.9 Å². The molecule has 0 amide bonds. The minimum atomic E-state index is -0.394. The number of halogens is 1. The van der Waals surface area contributed by atoms with Gasteiger partial charge in [-0.1, -0.05) is 30.0 Å². The van der Waals surface area contributed by atoms with E-state index in [1.807, 2.05) is 32.0 Å². The summed E-state index contributed by atoms with van der Waals surface area (Å²) in [6.07, 6.45) is 0. The largest absolute Gasteiger partial charge is 0.489 e. The van der Waals surface area contributed by atoms with Crippen LogP contribution in [0.25, 0.3) is 0 Å². The molecule has 0 atom stereocenters. The van der Waals surface area contributed by atoms with Crippen molar-refractivity contribution in [2.24, 2.45) is 5.73 Å². The van der Waals surface area contributed by atoms with Gasteiger partial charge in [-0.05, 0) is 42.7 Å². The number of rotatable bonds is 3. The van der Waals surface area contributed by atoms with Gasteiger partial charge in [0.2, 0.25) is 0 Å². The molecular weight excluding hydrogens is 265 g/mol. The second-order valence-corrected chi connectivity index (χ2v) is 4.81. The first kappa shape index (κ1) is 15.1. The molecule has 0 bridgehead atoms. The minimum absolute atomic E-state index is 0.213. The highest BCUT2D eigenvalue weighted by Gasteiger charge is 2.05. The lowest BCUT2D eigenvalue weighted by atomic mass is 10.0. The van der Waals surface area contributed by atoms with Crippen LogP contribution in [0.15, 0.2) is 36.4 Å². The Labute approximate surface area is 124 Å². The van der Waals surface area contributed by atoms with Crippen LogP contribution < -0.4 is 10.5 Å². The molecule has 0 heterocycles. The third kappa shape index (κ3) is 3.84. The highest BCUT2D eigenvalue weighted by Crippen LogP contribution is 2.20. The third-order valence-electron chi connectivity index (χ3n) is 3.29. The first-order valence-corrected chi connectivity index (χ1v) is 6.78. The van der Waals surface area contributed by atoms with Crippen molar-refractivity contribution in [1.82, 2.24) is 0 Å². The van der Waals surface area contributed by atoms with E-state index in [1.165, 1.54) is 17.2 Å². The van der Waals surface area contributed by atoms with Crippen LogP contribution in [0, 0.1) is 31.5 Å². The number of hydrogen-bond donors (Lipinski definition) is 1. The standard InChI is InChI=1S/C18H18FNO/c1-13-5-3-6-14(2)17(13)12-21-16-9-8-15(7-4-10-20)18(19)11-16/h3,5-6,8-9,11H,10,12,20H2,1-2H3. The molecule has 2 aromatic rings. The van der Waals surface area contributed by atoms with Gasteiger partial charge in [0, 0.05) is 6.07 Å². The van der Waals surface area contributed by atoms with Gasteiger partial charge in [0.05, 0.1) is 12.1 Å². The Morgan fingerprint density at radius 1 is 1.14 bits per heavy atom. The Kier molecular flexibility index (Phi) is 4.97. The van der Waals surface area contributed by atoms with E-state index >= 15 is 0 Å². The maximum absolute atomic E-state index is 13.8. The zero-order valence-corrected chi connectivity index (χ0v) is 12.2. The summed E-state index contributed by atoms with van der Waals surface area (Å²) in [5.41, 5.74) is 9.07. The zero-order valence-electron chi connectivity index (χ0n) is 12.2. The van der Waals surface area contributed by atoms with Crippen LogP contribution in [0.3, 0.4) is 0 Å². The van der Waals surface area contributed by atoms with Crippen molar-refractivity contribution in [2.75, 3.05) is 6.54 Å². The summed E-state index contributed by atoms with van der Waals surface area (Å²) in [6.45, 7) is 4.71. The molecule has 0 aliphatic rings. The summed E-state index contributed by atoms with van der Waals surface area (Å²) in [7, 11) is 0. The molecule has 0 unspecified atom stereocenters. The average molecular weight is 283 g/mol. The Hall–Kier alpha value is -2.31. The van der Waals surface area contributed by atoms with Crippen molar-refractivity contribution in [3.63, 3.8) is 0 Å². The van der Waals surface area contributed by atoms with Crippen molar-refractivity contribution in [1.29, 1.82) is 0 Å². The van der Waals surface area contributed by atoms with Crippen LogP contribution in [0.4, 0.5) is 4.39 Å². The first-order chi connectivity index (χ1) is 10.1. The van der Waals surface area contributed by atoms with E-state index in [1.54, 1.807) is 12.1 Å². The molecule has 2 N–H and O–H groups in total. The normalized spacial score (nSPS) is 9.90. The second-order valence-electron chi connectivity index (χ2n) is 4.81. The first-order valence-electron chi connectivity index (χ1n) is 6.78. The molecule has 0 saturated heterocycles. The van der Waals surface area contributed by atoms with Gasteiger partial charge in [0.25, 0.3) is 0 Å². The molecule has 108 valence electrons. The van der Waals surface area contributed by atoms with E-state index in [9.17, 15) is 4.39 Å². The van der Waals surface area contributed by atoms with Crippen molar-refractivity contribution >= 4 is 0 Å². The lowest BCUT2D eigenvalue weighted by molar-refractivity contribution is 0.303. The van der Waals surface area contributed by atoms with Crippen molar-refractivity contribution < 1.29 is 9.13 Å². The van der Waals surface area contributed by atoms with Gasteiger partial charge < -0.3 is 10.5 Å². The molecule has 0 spiro atoms. The molecule has 2 aromatic carbocycles. The highest BCUT2D eigenvalue weighted by molar-refractivity contribution is 5.40. The van der Waals surface area contributed by atoms with Crippen LogP contribution in [0.1, 0.15) is 22.3 Å². The lowest BCUT2D eigenvalue weighted by Crippen LogP contribution is -2.01. The summed E-state index contributed by atoms with van der Waals surface area (Å²) >= 11 is 0. The van der Waals surface area contributed by atoms with Crippen LogP contribution >= 0.6 is 0 Å². The van der Waals surface area contributed by atoms with E-state index < -0.39 is 5.82 Å². The zero-order chi connectivity index (χ0) is 15.2. The summed E-state index contributed by atoms with van der Waals surface area (Å²) in [6, 6.07) is 10.8. The van der Waals surface area contributed by atoms with E-state index in [-0.39, 0.29) is 6.54 Å². The van der Waals surface area contributed by atoms with Gasteiger partial charge >= 0.3 is 0 Å². The molecule has 2 nitrogen and oxygen atoms in total. The van der Waals surface area contributed by atoms with Gasteiger partial charge in [-0.25, -0.2) is 4.39 Å². The predicted octanol–water partition coefficient (Wildman–Crippen LogP) is 3.33. The molecule has 0 aliphatic carbocycles. The molecule has 0 aliphatic heterocycles. The quantitative estimate of drug-likeness (QED) is 0.877. The van der Waals surface area contributed by atoms with Crippen LogP contribution in [0.5, 0.6) is 5.75 Å². The fourth-order valence-electron chi connectivity index (χ4n) is 2.07. The molecule has 0 aromatic heterocycles. The SMILES string of the molecule is Cc1cccc(C)c1COc1ccc(C#CCN)c(F)c1. The van der Waals surface area contributed by atoms with Gasteiger partial charge in [0.1, 0.15) is 18.2 Å². The topological polar surface area (TPSA) is 35.2 Å². The third-order valence-corrected chi connectivity index (χ3v) is 3.29. The molecule has 0 radical (unpaired) electrons. The fraction of sp³-hybridized carbons (Fsp3) is 0.222. The molecule has 3 heteroatoms. The average Bonchev–Trinajstić information content (AvgIpc) is 2.46. The summed E-state index contributed by atoms with van der Waals surface area (Å²) in [4.78, 5) is 0. The lowest BCUT2D eigenvalue weighted by Gasteiger charge is -2.11. The second kappa shape index (κ2) is 6.92. The Morgan fingerprint density at radius 2 is 1.86 bits per heavy atom. The van der Waals surface area contributed by atoms with E-state index in [4.69, 9.17) is 10.5 Å². The number of ether oxygens (including phenoxy) is 1. The maximum atomic E-state index is 13.8. The van der Waals surface area contributed by atoms with Gasteiger partial charge in [-0.15, -0.1) is 0 Å². The number of benzene rings is 2. The van der Waals surface area contributed by atoms with Crippen molar-refractivity contribution in [3.8, 4) is 17.6 Å². The molecule has 21 heavy (non-hydrogen) atoms. The van der Waals surface area contributed by atoms with Crippen molar-refractivity contribution in [3.05, 3.63) is 64.5 Å². The number of aryl methyl sites for hydroxylation is 2. The van der Waals surface area contributed by atoms with Crippen LogP contribution in [0.2, 0.25) is 0 Å².